The van der Waals surface area contributed by atoms with Gasteiger partial charge in [-0.25, -0.2) is 0 Å². The molecule has 1 unspecified atom stereocenters. The fraction of sp³-hybridized carbons (Fsp3) is 0.636. The molecule has 4 nitrogen and oxygen atoms in total. The van der Waals surface area contributed by atoms with E-state index in [9.17, 15) is 4.79 Å². The van der Waals surface area contributed by atoms with Gasteiger partial charge < -0.3 is 5.11 Å². The molecule has 0 aliphatic heterocycles. The molecular formula is C11H16N2O2. The smallest absolute Gasteiger partial charge is 0.304 e. The van der Waals surface area contributed by atoms with Crippen molar-refractivity contribution in [3.8, 4) is 0 Å². The Hall–Kier alpha value is -1.32. The topological polar surface area (TPSA) is 55.1 Å². The minimum atomic E-state index is -0.750. The molecule has 82 valence electrons. The van der Waals surface area contributed by atoms with Crippen LogP contribution in [0.2, 0.25) is 0 Å². The van der Waals surface area contributed by atoms with Crippen LogP contribution in [0, 0.1) is 0 Å². The number of carboxylic acids is 1. The van der Waals surface area contributed by atoms with Gasteiger partial charge in [0.25, 0.3) is 0 Å². The summed E-state index contributed by atoms with van der Waals surface area (Å²) in [5, 5.41) is 13.2. The van der Waals surface area contributed by atoms with Gasteiger partial charge in [0.05, 0.1) is 12.1 Å². The van der Waals surface area contributed by atoms with E-state index in [2.05, 4.69) is 5.10 Å². The Bertz CT molecular complexity index is 396. The third-order valence-corrected chi connectivity index (χ3v) is 3.09. The van der Waals surface area contributed by atoms with Gasteiger partial charge in [0.15, 0.2) is 0 Å². The molecule has 0 fully saturated rings. The van der Waals surface area contributed by atoms with Gasteiger partial charge in [0, 0.05) is 18.7 Å². The van der Waals surface area contributed by atoms with Gasteiger partial charge in [-0.15, -0.1) is 0 Å². The van der Waals surface area contributed by atoms with Crippen LogP contribution in [-0.2, 0) is 24.7 Å². The van der Waals surface area contributed by atoms with Gasteiger partial charge in [0.2, 0.25) is 0 Å². The van der Waals surface area contributed by atoms with Gasteiger partial charge in [-0.2, -0.15) is 5.10 Å². The standard InChI is InChI=1S/C11H16N2O2/c1-7(6-10(14)15)11-8-4-3-5-9(8)13(2)12-11/h7H,3-6H2,1-2H3,(H,14,15). The summed E-state index contributed by atoms with van der Waals surface area (Å²) < 4.78 is 1.91. The molecule has 1 aliphatic rings. The van der Waals surface area contributed by atoms with Crippen LogP contribution in [0.1, 0.15) is 42.6 Å². The van der Waals surface area contributed by atoms with E-state index in [0.717, 1.165) is 18.5 Å². The maximum atomic E-state index is 10.7. The van der Waals surface area contributed by atoms with Crippen LogP contribution >= 0.6 is 0 Å². The van der Waals surface area contributed by atoms with Crippen molar-refractivity contribution >= 4 is 5.97 Å². The van der Waals surface area contributed by atoms with Crippen LogP contribution in [0.25, 0.3) is 0 Å². The Morgan fingerprint density at radius 2 is 2.33 bits per heavy atom. The van der Waals surface area contributed by atoms with Crippen molar-refractivity contribution in [2.75, 3.05) is 0 Å². The summed E-state index contributed by atoms with van der Waals surface area (Å²) in [6, 6.07) is 0. The van der Waals surface area contributed by atoms with E-state index in [0.29, 0.717) is 0 Å². The minimum absolute atomic E-state index is 0.0237. The Kier molecular flexibility index (Phi) is 2.50. The molecule has 0 aromatic carbocycles. The number of carboxylic acid groups (broad SMARTS) is 1. The van der Waals surface area contributed by atoms with Crippen LogP contribution in [-0.4, -0.2) is 20.9 Å². The van der Waals surface area contributed by atoms with Gasteiger partial charge >= 0.3 is 5.97 Å². The third-order valence-electron chi connectivity index (χ3n) is 3.09. The highest BCUT2D eigenvalue weighted by Gasteiger charge is 2.24. The van der Waals surface area contributed by atoms with Gasteiger partial charge in [0.1, 0.15) is 0 Å². The first kappa shape index (κ1) is 10.2. The second-order valence-electron chi connectivity index (χ2n) is 4.29. The third kappa shape index (κ3) is 1.76. The van der Waals surface area contributed by atoms with Crippen molar-refractivity contribution in [1.29, 1.82) is 0 Å². The summed E-state index contributed by atoms with van der Waals surface area (Å²) in [5.41, 5.74) is 3.58. The maximum absolute atomic E-state index is 10.7. The predicted molar refractivity (Wildman–Crippen MR) is 55.9 cm³/mol. The number of aliphatic carboxylic acids is 1. The number of aryl methyl sites for hydroxylation is 1. The zero-order valence-corrected chi connectivity index (χ0v) is 9.16. The summed E-state index contributed by atoms with van der Waals surface area (Å²) in [5.74, 6) is -0.726. The largest absolute Gasteiger partial charge is 0.481 e. The number of nitrogens with zero attached hydrogens (tertiary/aromatic N) is 2. The van der Waals surface area contributed by atoms with E-state index in [1.165, 1.54) is 17.7 Å². The van der Waals surface area contributed by atoms with Crippen molar-refractivity contribution in [2.24, 2.45) is 7.05 Å². The highest BCUT2D eigenvalue weighted by atomic mass is 16.4. The normalized spacial score (nSPS) is 16.4. The number of rotatable bonds is 3. The lowest BCUT2D eigenvalue weighted by Gasteiger charge is -2.06. The number of aromatic nitrogens is 2. The molecule has 0 bridgehead atoms. The monoisotopic (exact) mass is 208 g/mol. The molecular weight excluding hydrogens is 192 g/mol. The van der Waals surface area contributed by atoms with Crippen molar-refractivity contribution in [1.82, 2.24) is 9.78 Å². The van der Waals surface area contributed by atoms with Crippen molar-refractivity contribution in [3.63, 3.8) is 0 Å². The van der Waals surface area contributed by atoms with Crippen LogP contribution in [0.15, 0.2) is 0 Å². The molecule has 1 atom stereocenters. The first-order valence-corrected chi connectivity index (χ1v) is 5.36. The molecule has 15 heavy (non-hydrogen) atoms. The van der Waals surface area contributed by atoms with Gasteiger partial charge in [-0.05, 0) is 24.8 Å². The number of fused-ring (bicyclic) bond motifs is 1. The fourth-order valence-electron chi connectivity index (χ4n) is 2.40. The van der Waals surface area contributed by atoms with Crippen LogP contribution in [0.5, 0.6) is 0 Å². The molecule has 0 radical (unpaired) electrons. The molecule has 0 saturated heterocycles. The quantitative estimate of drug-likeness (QED) is 0.818. The van der Waals surface area contributed by atoms with E-state index < -0.39 is 5.97 Å². The minimum Gasteiger partial charge on any atom is -0.481 e. The summed E-state index contributed by atoms with van der Waals surface area (Å²) in [7, 11) is 1.95. The summed E-state index contributed by atoms with van der Waals surface area (Å²) in [6.07, 6.45) is 3.48. The molecule has 4 heteroatoms. The number of hydrogen-bond donors (Lipinski definition) is 1. The van der Waals surface area contributed by atoms with E-state index >= 15 is 0 Å². The van der Waals surface area contributed by atoms with E-state index in [-0.39, 0.29) is 12.3 Å². The van der Waals surface area contributed by atoms with Crippen LogP contribution in [0.4, 0.5) is 0 Å². The van der Waals surface area contributed by atoms with Crippen LogP contribution < -0.4 is 0 Å². The molecule has 2 rings (SSSR count). The molecule has 1 heterocycles. The molecule has 0 spiro atoms. The van der Waals surface area contributed by atoms with Crippen molar-refractivity contribution < 1.29 is 9.90 Å². The summed E-state index contributed by atoms with van der Waals surface area (Å²) >= 11 is 0. The van der Waals surface area contributed by atoms with Gasteiger partial charge in [-0.3, -0.25) is 9.48 Å². The SMILES string of the molecule is CC(CC(=O)O)c1nn(C)c2c1CCC2. The Labute approximate surface area is 88.9 Å². The Morgan fingerprint density at radius 3 is 3.00 bits per heavy atom. The van der Waals surface area contributed by atoms with Crippen molar-refractivity contribution in [2.45, 2.75) is 38.5 Å². The molecule has 1 aliphatic carbocycles. The first-order valence-electron chi connectivity index (χ1n) is 5.36. The molecule has 0 amide bonds. The summed E-state index contributed by atoms with van der Waals surface area (Å²) in [4.78, 5) is 10.7. The lowest BCUT2D eigenvalue weighted by molar-refractivity contribution is -0.137. The fourth-order valence-corrected chi connectivity index (χ4v) is 2.40. The average molecular weight is 208 g/mol. The summed E-state index contributed by atoms with van der Waals surface area (Å²) in [6.45, 7) is 1.94. The lowest BCUT2D eigenvalue weighted by atomic mass is 9.99. The highest BCUT2D eigenvalue weighted by Crippen LogP contribution is 2.30. The number of hydrogen-bond acceptors (Lipinski definition) is 2. The van der Waals surface area contributed by atoms with Gasteiger partial charge in [-0.1, -0.05) is 6.92 Å². The molecule has 0 saturated carbocycles. The Morgan fingerprint density at radius 1 is 1.60 bits per heavy atom. The highest BCUT2D eigenvalue weighted by molar-refractivity contribution is 5.68. The second kappa shape index (κ2) is 3.68. The zero-order chi connectivity index (χ0) is 11.0. The Balaban J connectivity index is 2.28. The predicted octanol–water partition coefficient (Wildman–Crippen LogP) is 1.49. The van der Waals surface area contributed by atoms with E-state index in [1.54, 1.807) is 0 Å². The second-order valence-corrected chi connectivity index (χ2v) is 4.29. The first-order chi connectivity index (χ1) is 7.09. The average Bonchev–Trinajstić information content (AvgIpc) is 2.68. The zero-order valence-electron chi connectivity index (χ0n) is 9.16. The molecule has 1 aromatic heterocycles. The van der Waals surface area contributed by atoms with Crippen LogP contribution in [0.3, 0.4) is 0 Å². The lowest BCUT2D eigenvalue weighted by Crippen LogP contribution is -2.06. The van der Waals surface area contributed by atoms with Crippen molar-refractivity contribution in [3.05, 3.63) is 17.0 Å². The van der Waals surface area contributed by atoms with E-state index in [1.807, 2.05) is 18.7 Å². The maximum Gasteiger partial charge on any atom is 0.304 e. The van der Waals surface area contributed by atoms with E-state index in [4.69, 9.17) is 5.11 Å². The molecule has 1 N–H and O–H groups in total. The molecule has 1 aromatic rings. The number of carbonyl (C=O) groups is 1.